The van der Waals surface area contributed by atoms with E-state index < -0.39 is 18.1 Å². The lowest BCUT2D eigenvalue weighted by Crippen LogP contribution is -2.18. The van der Waals surface area contributed by atoms with Crippen molar-refractivity contribution >= 4 is 11.6 Å². The standard InChI is InChI=1S/C22H21ClN4O3/c1-12(11-24)19-22-26-25-13(2)27(22)17-9-8-14(23)10-16(17)20(30-19)15-6-5-7-18(28-3)21(15)29-4/h5-10,12,19-20H,1-4H3/t12?,19-,20-/m0/s1. The van der Waals surface area contributed by atoms with Crippen LogP contribution in [0.1, 0.15) is 41.9 Å². The Hall–Kier alpha value is -3.08. The van der Waals surface area contributed by atoms with Gasteiger partial charge < -0.3 is 14.2 Å². The van der Waals surface area contributed by atoms with Gasteiger partial charge in [0.2, 0.25) is 0 Å². The van der Waals surface area contributed by atoms with Crippen LogP contribution in [-0.2, 0) is 4.74 Å². The lowest BCUT2D eigenvalue weighted by molar-refractivity contribution is -0.0154. The minimum atomic E-state index is -0.608. The summed E-state index contributed by atoms with van der Waals surface area (Å²) in [6.45, 7) is 3.68. The second-order valence-electron chi connectivity index (χ2n) is 7.08. The molecule has 8 heteroatoms. The molecule has 7 nitrogen and oxygen atoms in total. The maximum atomic E-state index is 9.66. The predicted octanol–water partition coefficient (Wildman–Crippen LogP) is 4.57. The molecular weight excluding hydrogens is 404 g/mol. The zero-order valence-electron chi connectivity index (χ0n) is 17.1. The van der Waals surface area contributed by atoms with Gasteiger partial charge in [-0.3, -0.25) is 4.57 Å². The summed E-state index contributed by atoms with van der Waals surface area (Å²) >= 11 is 6.38. The van der Waals surface area contributed by atoms with Gasteiger partial charge in [-0.05, 0) is 38.1 Å². The van der Waals surface area contributed by atoms with Gasteiger partial charge in [0.25, 0.3) is 0 Å². The smallest absolute Gasteiger partial charge is 0.168 e. The third-order valence-electron chi connectivity index (χ3n) is 5.27. The molecule has 30 heavy (non-hydrogen) atoms. The van der Waals surface area contributed by atoms with Crippen molar-refractivity contribution in [1.29, 1.82) is 5.26 Å². The normalized spacial score (nSPS) is 18.5. The first-order valence-corrected chi connectivity index (χ1v) is 9.85. The molecule has 2 heterocycles. The average molecular weight is 425 g/mol. The Morgan fingerprint density at radius 1 is 1.17 bits per heavy atom. The lowest BCUT2D eigenvalue weighted by atomic mass is 9.98. The van der Waals surface area contributed by atoms with Gasteiger partial charge in [-0.25, -0.2) is 0 Å². The molecule has 0 saturated carbocycles. The zero-order valence-corrected chi connectivity index (χ0v) is 17.8. The molecule has 0 fully saturated rings. The fourth-order valence-electron chi connectivity index (χ4n) is 3.85. The highest BCUT2D eigenvalue weighted by Crippen LogP contribution is 2.46. The third kappa shape index (κ3) is 3.18. The summed E-state index contributed by atoms with van der Waals surface area (Å²) in [6.07, 6.45) is -1.17. The molecule has 1 unspecified atom stereocenters. The van der Waals surface area contributed by atoms with Crippen molar-refractivity contribution in [3.05, 3.63) is 64.2 Å². The monoisotopic (exact) mass is 424 g/mol. The Kier molecular flexibility index (Phi) is 5.37. The van der Waals surface area contributed by atoms with Crippen molar-refractivity contribution in [2.75, 3.05) is 14.2 Å². The van der Waals surface area contributed by atoms with Crippen molar-refractivity contribution in [2.24, 2.45) is 5.92 Å². The van der Waals surface area contributed by atoms with E-state index in [0.29, 0.717) is 28.2 Å². The second kappa shape index (κ2) is 7.98. The number of rotatable bonds is 4. The summed E-state index contributed by atoms with van der Waals surface area (Å²) in [5, 5.41) is 18.8. The van der Waals surface area contributed by atoms with E-state index in [0.717, 1.165) is 16.8 Å². The number of ether oxygens (including phenoxy) is 3. The number of aromatic nitrogens is 3. The van der Waals surface area contributed by atoms with Gasteiger partial charge in [-0.15, -0.1) is 10.2 Å². The van der Waals surface area contributed by atoms with Gasteiger partial charge >= 0.3 is 0 Å². The van der Waals surface area contributed by atoms with E-state index in [1.165, 1.54) is 0 Å². The van der Waals surface area contributed by atoms with Crippen molar-refractivity contribution in [3.63, 3.8) is 0 Å². The number of para-hydroxylation sites is 1. The van der Waals surface area contributed by atoms with Gasteiger partial charge in [0.05, 0.1) is 31.9 Å². The summed E-state index contributed by atoms with van der Waals surface area (Å²) < 4.78 is 19.7. The summed E-state index contributed by atoms with van der Waals surface area (Å²) in [4.78, 5) is 0. The molecule has 2 aromatic carbocycles. The van der Waals surface area contributed by atoms with Crippen LogP contribution in [0.3, 0.4) is 0 Å². The minimum Gasteiger partial charge on any atom is -0.493 e. The molecule has 0 N–H and O–H groups in total. The molecule has 4 rings (SSSR count). The molecular formula is C22H21ClN4O3. The predicted molar refractivity (Wildman–Crippen MR) is 111 cm³/mol. The first-order valence-electron chi connectivity index (χ1n) is 9.47. The van der Waals surface area contributed by atoms with Crippen LogP contribution in [0.15, 0.2) is 36.4 Å². The van der Waals surface area contributed by atoms with E-state index in [1.807, 2.05) is 54.8 Å². The molecule has 0 spiro atoms. The molecule has 1 aromatic heterocycles. The van der Waals surface area contributed by atoms with Crippen LogP contribution in [0.5, 0.6) is 11.5 Å². The number of halogens is 1. The largest absolute Gasteiger partial charge is 0.493 e. The maximum absolute atomic E-state index is 9.66. The summed E-state index contributed by atoms with van der Waals surface area (Å²) in [5.41, 5.74) is 2.44. The molecule has 1 aliphatic heterocycles. The topological polar surface area (TPSA) is 82.2 Å². The van der Waals surface area contributed by atoms with Crippen LogP contribution >= 0.6 is 11.6 Å². The molecule has 0 bridgehead atoms. The lowest BCUT2D eigenvalue weighted by Gasteiger charge is -2.25. The highest BCUT2D eigenvalue weighted by atomic mass is 35.5. The Labute approximate surface area is 179 Å². The van der Waals surface area contributed by atoms with Crippen LogP contribution in [0.4, 0.5) is 0 Å². The fraction of sp³-hybridized carbons (Fsp3) is 0.318. The third-order valence-corrected chi connectivity index (χ3v) is 5.51. The first-order chi connectivity index (χ1) is 14.5. The van der Waals surface area contributed by atoms with Gasteiger partial charge in [0.1, 0.15) is 18.0 Å². The van der Waals surface area contributed by atoms with E-state index >= 15 is 0 Å². The van der Waals surface area contributed by atoms with E-state index in [2.05, 4.69) is 16.3 Å². The number of hydrogen-bond donors (Lipinski definition) is 0. The number of aryl methyl sites for hydroxylation is 1. The SMILES string of the molecule is COc1cccc([C@@H]2O[C@@H](C(C)C#N)c3nnc(C)n3-c3ccc(Cl)cc32)c1OC. The summed E-state index contributed by atoms with van der Waals surface area (Å²) in [6, 6.07) is 13.5. The van der Waals surface area contributed by atoms with Crippen molar-refractivity contribution in [2.45, 2.75) is 26.1 Å². The second-order valence-corrected chi connectivity index (χ2v) is 7.52. The number of benzene rings is 2. The molecule has 3 aromatic rings. The highest BCUT2D eigenvalue weighted by molar-refractivity contribution is 6.30. The molecule has 0 radical (unpaired) electrons. The molecule has 0 amide bonds. The van der Waals surface area contributed by atoms with Crippen LogP contribution in [-0.4, -0.2) is 29.0 Å². The number of methoxy groups -OCH3 is 2. The molecule has 0 aliphatic carbocycles. The van der Waals surface area contributed by atoms with Crippen molar-refractivity contribution in [3.8, 4) is 23.3 Å². The van der Waals surface area contributed by atoms with Crippen LogP contribution in [0, 0.1) is 24.2 Å². The van der Waals surface area contributed by atoms with Crippen molar-refractivity contribution in [1.82, 2.24) is 14.8 Å². The van der Waals surface area contributed by atoms with Gasteiger partial charge in [0.15, 0.2) is 17.3 Å². The molecule has 0 saturated heterocycles. The number of nitriles is 1. The highest BCUT2D eigenvalue weighted by Gasteiger charge is 2.37. The van der Waals surface area contributed by atoms with Gasteiger partial charge in [0, 0.05) is 16.1 Å². The van der Waals surface area contributed by atoms with E-state index in [9.17, 15) is 5.26 Å². The van der Waals surface area contributed by atoms with Crippen LogP contribution < -0.4 is 9.47 Å². The Bertz CT molecular complexity index is 1140. The van der Waals surface area contributed by atoms with E-state index in [-0.39, 0.29) is 0 Å². The summed E-state index contributed by atoms with van der Waals surface area (Å²) in [5.74, 6) is 1.97. The van der Waals surface area contributed by atoms with Gasteiger partial charge in [-0.1, -0.05) is 23.7 Å². The number of fused-ring (bicyclic) bond motifs is 3. The Morgan fingerprint density at radius 3 is 2.67 bits per heavy atom. The molecule has 154 valence electrons. The molecule has 3 atom stereocenters. The van der Waals surface area contributed by atoms with Gasteiger partial charge in [-0.2, -0.15) is 5.26 Å². The van der Waals surface area contributed by atoms with Crippen molar-refractivity contribution < 1.29 is 14.2 Å². The maximum Gasteiger partial charge on any atom is 0.168 e. The average Bonchev–Trinajstić information content (AvgIpc) is 3.07. The number of nitrogens with zero attached hydrogens (tertiary/aromatic N) is 4. The Balaban J connectivity index is 2.02. The summed E-state index contributed by atoms with van der Waals surface area (Å²) in [7, 11) is 3.18. The number of hydrogen-bond acceptors (Lipinski definition) is 6. The van der Waals surface area contributed by atoms with Crippen LogP contribution in [0.25, 0.3) is 5.69 Å². The van der Waals surface area contributed by atoms with Crippen LogP contribution in [0.2, 0.25) is 5.02 Å². The Morgan fingerprint density at radius 2 is 1.97 bits per heavy atom. The first kappa shape index (κ1) is 20.2. The van der Waals surface area contributed by atoms with E-state index in [1.54, 1.807) is 14.2 Å². The quantitative estimate of drug-likeness (QED) is 0.610. The minimum absolute atomic E-state index is 0.462. The zero-order chi connectivity index (χ0) is 21.4. The fourth-order valence-corrected chi connectivity index (χ4v) is 4.03. The van der Waals surface area contributed by atoms with E-state index in [4.69, 9.17) is 25.8 Å². The molecule has 1 aliphatic rings.